The minimum absolute atomic E-state index is 0.410. The van der Waals surface area contributed by atoms with Crippen LogP contribution < -0.4 is 5.32 Å². The fraction of sp³-hybridized carbons (Fsp3) is 1.00. The molecule has 0 aliphatic heterocycles. The average Bonchev–Trinajstić information content (AvgIpc) is 2.17. The highest BCUT2D eigenvalue weighted by Crippen LogP contribution is 1.92. The van der Waals surface area contributed by atoms with Gasteiger partial charge in [0.25, 0.3) is 0 Å². The number of rotatable bonds is 9. The van der Waals surface area contributed by atoms with E-state index in [0.29, 0.717) is 6.04 Å². The van der Waals surface area contributed by atoms with Gasteiger partial charge < -0.3 is 19.7 Å². The highest BCUT2D eigenvalue weighted by Gasteiger charge is 2.08. The molecule has 0 heterocycles. The van der Waals surface area contributed by atoms with Gasteiger partial charge in [-0.05, 0) is 20.5 Å². The van der Waals surface area contributed by atoms with Crippen LogP contribution in [0.25, 0.3) is 0 Å². The van der Waals surface area contributed by atoms with Crippen molar-refractivity contribution in [2.75, 3.05) is 54.6 Å². The van der Waals surface area contributed by atoms with Gasteiger partial charge in [0.15, 0.2) is 0 Å². The predicted molar refractivity (Wildman–Crippen MR) is 58.7 cm³/mol. The molecule has 14 heavy (non-hydrogen) atoms. The monoisotopic (exact) mass is 204 g/mol. The molecule has 4 heteroatoms. The van der Waals surface area contributed by atoms with E-state index >= 15 is 0 Å². The van der Waals surface area contributed by atoms with Crippen molar-refractivity contribution in [2.45, 2.75) is 12.5 Å². The van der Waals surface area contributed by atoms with Crippen LogP contribution in [-0.2, 0) is 9.47 Å². The Labute approximate surface area is 87.6 Å². The normalized spacial score (nSPS) is 13.5. The Kier molecular flexibility index (Phi) is 9.29. The van der Waals surface area contributed by atoms with Gasteiger partial charge in [-0.2, -0.15) is 0 Å². The van der Waals surface area contributed by atoms with E-state index in [-0.39, 0.29) is 0 Å². The van der Waals surface area contributed by atoms with E-state index in [1.54, 1.807) is 14.2 Å². The average molecular weight is 204 g/mol. The summed E-state index contributed by atoms with van der Waals surface area (Å²) in [6, 6.07) is 0.410. The fourth-order valence-electron chi connectivity index (χ4n) is 1.37. The number of ether oxygens (including phenoxy) is 2. The molecule has 0 bridgehead atoms. The number of methoxy groups -OCH3 is 2. The highest BCUT2D eigenvalue weighted by atomic mass is 16.5. The molecule has 0 fully saturated rings. The molecular weight excluding hydrogens is 180 g/mol. The first kappa shape index (κ1) is 13.8. The van der Waals surface area contributed by atoms with Crippen LogP contribution in [0.5, 0.6) is 0 Å². The van der Waals surface area contributed by atoms with Gasteiger partial charge in [0.05, 0.1) is 6.61 Å². The summed E-state index contributed by atoms with van der Waals surface area (Å²) in [5, 5.41) is 3.23. The summed E-state index contributed by atoms with van der Waals surface area (Å²) < 4.78 is 10.1. The van der Waals surface area contributed by atoms with Crippen molar-refractivity contribution >= 4 is 0 Å². The van der Waals surface area contributed by atoms with Gasteiger partial charge in [0.1, 0.15) is 0 Å². The maximum Gasteiger partial charge on any atom is 0.0628 e. The molecular formula is C10H24N2O2. The molecule has 0 aliphatic rings. The quantitative estimate of drug-likeness (QED) is 0.544. The van der Waals surface area contributed by atoms with Gasteiger partial charge in [-0.3, -0.25) is 0 Å². The second-order valence-electron chi connectivity index (χ2n) is 3.55. The molecule has 0 aromatic carbocycles. The van der Waals surface area contributed by atoms with E-state index in [0.717, 1.165) is 32.7 Å². The summed E-state index contributed by atoms with van der Waals surface area (Å²) in [5.74, 6) is 0. The number of likely N-dealkylation sites (N-methyl/N-ethyl adjacent to an activating group) is 2. The summed E-state index contributed by atoms with van der Waals surface area (Å²) in [6.45, 7) is 3.66. The molecule has 0 spiro atoms. The van der Waals surface area contributed by atoms with E-state index in [1.807, 2.05) is 7.05 Å². The van der Waals surface area contributed by atoms with Crippen molar-refractivity contribution in [3.8, 4) is 0 Å². The Morgan fingerprint density at radius 2 is 2.00 bits per heavy atom. The van der Waals surface area contributed by atoms with E-state index in [1.165, 1.54) is 0 Å². The molecule has 0 amide bonds. The maximum atomic E-state index is 5.11. The van der Waals surface area contributed by atoms with Crippen molar-refractivity contribution in [3.05, 3.63) is 0 Å². The minimum Gasteiger partial charge on any atom is -0.385 e. The SMILES string of the molecule is CNC(COC)CN(C)CCCOC. The summed E-state index contributed by atoms with van der Waals surface area (Å²) in [4.78, 5) is 2.29. The van der Waals surface area contributed by atoms with E-state index in [2.05, 4.69) is 17.3 Å². The molecule has 0 aromatic heterocycles. The number of nitrogens with one attached hydrogen (secondary N) is 1. The van der Waals surface area contributed by atoms with Crippen LogP contribution in [0.4, 0.5) is 0 Å². The van der Waals surface area contributed by atoms with Crippen molar-refractivity contribution < 1.29 is 9.47 Å². The van der Waals surface area contributed by atoms with Crippen molar-refractivity contribution in [1.29, 1.82) is 0 Å². The smallest absolute Gasteiger partial charge is 0.0628 e. The summed E-state index contributed by atoms with van der Waals surface area (Å²) >= 11 is 0. The van der Waals surface area contributed by atoms with Gasteiger partial charge in [0, 0.05) is 40.0 Å². The molecule has 1 N–H and O–H groups in total. The fourth-order valence-corrected chi connectivity index (χ4v) is 1.37. The molecule has 0 aromatic rings. The third-order valence-electron chi connectivity index (χ3n) is 2.20. The first-order valence-corrected chi connectivity index (χ1v) is 5.08. The van der Waals surface area contributed by atoms with E-state index < -0.39 is 0 Å². The summed E-state index contributed by atoms with van der Waals surface area (Å²) in [7, 11) is 7.55. The van der Waals surface area contributed by atoms with Crippen molar-refractivity contribution in [2.24, 2.45) is 0 Å². The molecule has 1 atom stereocenters. The zero-order valence-electron chi connectivity index (χ0n) is 9.88. The van der Waals surface area contributed by atoms with Gasteiger partial charge in [0.2, 0.25) is 0 Å². The van der Waals surface area contributed by atoms with Crippen LogP contribution in [0.1, 0.15) is 6.42 Å². The second-order valence-corrected chi connectivity index (χ2v) is 3.55. The van der Waals surface area contributed by atoms with E-state index in [4.69, 9.17) is 9.47 Å². The third-order valence-corrected chi connectivity index (χ3v) is 2.20. The van der Waals surface area contributed by atoms with Gasteiger partial charge in [-0.1, -0.05) is 0 Å². The van der Waals surface area contributed by atoms with Crippen LogP contribution in [0.15, 0.2) is 0 Å². The lowest BCUT2D eigenvalue weighted by atomic mass is 10.3. The largest absolute Gasteiger partial charge is 0.385 e. The van der Waals surface area contributed by atoms with Crippen molar-refractivity contribution in [1.82, 2.24) is 10.2 Å². The van der Waals surface area contributed by atoms with Crippen molar-refractivity contribution in [3.63, 3.8) is 0 Å². The number of nitrogens with zero attached hydrogens (tertiary/aromatic N) is 1. The zero-order valence-corrected chi connectivity index (χ0v) is 9.88. The Morgan fingerprint density at radius 3 is 2.50 bits per heavy atom. The lowest BCUT2D eigenvalue weighted by Crippen LogP contribution is -2.41. The lowest BCUT2D eigenvalue weighted by molar-refractivity contribution is 0.141. The first-order valence-electron chi connectivity index (χ1n) is 5.08. The number of hydrogen-bond acceptors (Lipinski definition) is 4. The molecule has 1 unspecified atom stereocenters. The summed E-state index contributed by atoms with van der Waals surface area (Å²) in [5.41, 5.74) is 0. The highest BCUT2D eigenvalue weighted by molar-refractivity contribution is 4.67. The molecule has 0 saturated heterocycles. The molecule has 4 nitrogen and oxygen atoms in total. The van der Waals surface area contributed by atoms with Crippen LogP contribution in [0.3, 0.4) is 0 Å². The Balaban J connectivity index is 3.51. The van der Waals surface area contributed by atoms with Crippen LogP contribution in [0, 0.1) is 0 Å². The van der Waals surface area contributed by atoms with Gasteiger partial charge >= 0.3 is 0 Å². The topological polar surface area (TPSA) is 33.7 Å². The third kappa shape index (κ3) is 7.26. The maximum absolute atomic E-state index is 5.11. The summed E-state index contributed by atoms with van der Waals surface area (Å²) in [6.07, 6.45) is 1.08. The Morgan fingerprint density at radius 1 is 1.29 bits per heavy atom. The Hall–Kier alpha value is -0.160. The second kappa shape index (κ2) is 9.40. The van der Waals surface area contributed by atoms with Gasteiger partial charge in [-0.15, -0.1) is 0 Å². The minimum atomic E-state index is 0.410. The standard InChI is InChI=1S/C10H24N2O2/c1-11-10(9-14-4)8-12(2)6-5-7-13-3/h10-11H,5-9H2,1-4H3. The van der Waals surface area contributed by atoms with E-state index in [9.17, 15) is 0 Å². The molecule has 0 saturated carbocycles. The lowest BCUT2D eigenvalue weighted by Gasteiger charge is -2.23. The van der Waals surface area contributed by atoms with Crippen LogP contribution in [-0.4, -0.2) is 65.6 Å². The molecule has 86 valence electrons. The zero-order chi connectivity index (χ0) is 10.8. The molecule has 0 aliphatic carbocycles. The number of hydrogen-bond donors (Lipinski definition) is 1. The Bertz CT molecular complexity index is 123. The molecule has 0 rings (SSSR count). The van der Waals surface area contributed by atoms with Crippen LogP contribution in [0.2, 0.25) is 0 Å². The predicted octanol–water partition coefficient (Wildman–Crippen LogP) is 0.189. The van der Waals surface area contributed by atoms with Crippen LogP contribution >= 0.6 is 0 Å². The molecule has 0 radical (unpaired) electrons. The first-order chi connectivity index (χ1) is 6.74. The van der Waals surface area contributed by atoms with Gasteiger partial charge in [-0.25, -0.2) is 0 Å².